The number of benzene rings is 2. The molecule has 3 aromatic rings. The van der Waals surface area contributed by atoms with Gasteiger partial charge in [-0.2, -0.15) is 0 Å². The molecule has 2 aromatic carbocycles. The predicted molar refractivity (Wildman–Crippen MR) is 117 cm³/mol. The van der Waals surface area contributed by atoms with Gasteiger partial charge in [-0.1, -0.05) is 23.2 Å². The lowest BCUT2D eigenvalue weighted by atomic mass is 9.90. The highest BCUT2D eigenvalue weighted by Gasteiger charge is 2.41. The molecule has 2 N–H and O–H groups in total. The average molecular weight is 435 g/mol. The largest absolute Gasteiger partial charge is 0.460 e. The second kappa shape index (κ2) is 7.47. The number of aliphatic hydroxyl groups excluding tert-OH is 1. The van der Waals surface area contributed by atoms with Crippen molar-refractivity contribution in [2.24, 2.45) is 5.92 Å². The normalized spacial score (nSPS) is 22.9. The Bertz CT molecular complexity index is 1030. The molecule has 1 aliphatic heterocycles. The molecule has 29 heavy (non-hydrogen) atoms. The Kier molecular flexibility index (Phi) is 5.28. The van der Waals surface area contributed by atoms with Gasteiger partial charge in [-0.3, -0.25) is 4.79 Å². The molecule has 0 amide bonds. The number of ether oxygens (including phenoxy) is 1. The summed E-state index contributed by atoms with van der Waals surface area (Å²) in [5.74, 6) is -0.866. The van der Waals surface area contributed by atoms with E-state index >= 15 is 0 Å². The predicted octanol–water partition coefficient (Wildman–Crippen LogP) is 4.56. The Morgan fingerprint density at radius 1 is 1.07 bits per heavy atom. The lowest BCUT2D eigenvalue weighted by Gasteiger charge is -2.37. The Morgan fingerprint density at radius 3 is 2.14 bits per heavy atom. The third-order valence-corrected chi connectivity index (χ3v) is 5.73. The van der Waals surface area contributed by atoms with Crippen molar-refractivity contribution in [2.75, 3.05) is 13.1 Å². The molecule has 1 saturated heterocycles. The number of piperidine rings is 1. The van der Waals surface area contributed by atoms with Crippen LogP contribution in [0.3, 0.4) is 0 Å². The lowest BCUT2D eigenvalue weighted by molar-refractivity contribution is -0.164. The van der Waals surface area contributed by atoms with Crippen molar-refractivity contribution in [2.45, 2.75) is 38.5 Å². The minimum Gasteiger partial charge on any atom is -0.460 e. The number of aliphatic hydroxyl groups is 1. The monoisotopic (exact) mass is 434 g/mol. The summed E-state index contributed by atoms with van der Waals surface area (Å²) in [5, 5.41) is 17.2. The molecule has 2 heterocycles. The molecule has 3 atom stereocenters. The van der Waals surface area contributed by atoms with E-state index in [4.69, 9.17) is 27.9 Å². The third kappa shape index (κ3) is 3.84. The fourth-order valence-electron chi connectivity index (χ4n) is 4.17. The Morgan fingerprint density at radius 2 is 1.62 bits per heavy atom. The molecular weight excluding hydrogens is 411 g/mol. The highest BCUT2D eigenvalue weighted by atomic mass is 35.5. The standard InChI is InChI=1S/C22H24Cl2N2O3/c1-22(2,3)29-21(28)16-10-25-11-19(27)20(16)26-17-6-4-12(23)8-14(17)15-9-13(24)5-7-18(15)26/h4-9,16,19-20,25,27H,10-11H2,1-3H3. The summed E-state index contributed by atoms with van der Waals surface area (Å²) in [5.41, 5.74) is 1.18. The number of carbonyl (C=O) groups excluding carboxylic acids is 1. The van der Waals surface area contributed by atoms with Crippen LogP contribution in [-0.4, -0.2) is 40.4 Å². The number of rotatable bonds is 2. The van der Waals surface area contributed by atoms with Crippen LogP contribution in [-0.2, 0) is 9.53 Å². The topological polar surface area (TPSA) is 63.5 Å². The fraction of sp³-hybridized carbons (Fsp3) is 0.409. The van der Waals surface area contributed by atoms with Gasteiger partial charge in [-0.15, -0.1) is 0 Å². The van der Waals surface area contributed by atoms with Gasteiger partial charge in [0.15, 0.2) is 0 Å². The van der Waals surface area contributed by atoms with Crippen LogP contribution in [0.15, 0.2) is 36.4 Å². The van der Waals surface area contributed by atoms with E-state index in [-0.39, 0.29) is 5.97 Å². The molecule has 0 aliphatic carbocycles. The molecule has 1 aromatic heterocycles. The summed E-state index contributed by atoms with van der Waals surface area (Å²) < 4.78 is 7.71. The van der Waals surface area contributed by atoms with Crippen LogP contribution in [0.2, 0.25) is 10.0 Å². The average Bonchev–Trinajstić information content (AvgIpc) is 2.93. The maximum atomic E-state index is 13.0. The molecule has 154 valence electrons. The number of hydrogen-bond donors (Lipinski definition) is 2. The van der Waals surface area contributed by atoms with E-state index in [1.165, 1.54) is 0 Å². The molecule has 7 heteroatoms. The Hall–Kier alpha value is -1.79. The first-order chi connectivity index (χ1) is 13.7. The molecule has 0 bridgehead atoms. The van der Waals surface area contributed by atoms with Gasteiger partial charge in [0.05, 0.1) is 18.1 Å². The summed E-state index contributed by atoms with van der Waals surface area (Å²) in [4.78, 5) is 13.0. The highest BCUT2D eigenvalue weighted by Crippen LogP contribution is 2.39. The third-order valence-electron chi connectivity index (χ3n) is 5.26. The summed E-state index contributed by atoms with van der Waals surface area (Å²) in [6.45, 7) is 6.36. The number of nitrogens with one attached hydrogen (secondary N) is 1. The van der Waals surface area contributed by atoms with Crippen LogP contribution in [0.4, 0.5) is 0 Å². The Balaban J connectivity index is 1.93. The van der Waals surface area contributed by atoms with Crippen LogP contribution in [0.5, 0.6) is 0 Å². The van der Waals surface area contributed by atoms with Gasteiger partial charge in [0, 0.05) is 44.9 Å². The number of carbonyl (C=O) groups is 1. The van der Waals surface area contributed by atoms with E-state index in [2.05, 4.69) is 5.32 Å². The summed E-state index contributed by atoms with van der Waals surface area (Å²) in [6.07, 6.45) is -0.758. The van der Waals surface area contributed by atoms with E-state index in [1.54, 1.807) is 0 Å². The zero-order valence-electron chi connectivity index (χ0n) is 16.6. The van der Waals surface area contributed by atoms with Crippen molar-refractivity contribution in [3.05, 3.63) is 46.4 Å². The van der Waals surface area contributed by atoms with Crippen LogP contribution < -0.4 is 5.32 Å². The van der Waals surface area contributed by atoms with Gasteiger partial charge in [0.1, 0.15) is 5.60 Å². The number of β-amino-alcohol motifs (C(OH)–C–C–N with tert-alkyl or cyclic N) is 1. The summed E-state index contributed by atoms with van der Waals surface area (Å²) >= 11 is 12.5. The highest BCUT2D eigenvalue weighted by molar-refractivity contribution is 6.33. The quantitative estimate of drug-likeness (QED) is 0.580. The smallest absolute Gasteiger partial charge is 0.312 e. The first-order valence-corrected chi connectivity index (χ1v) is 10.4. The van der Waals surface area contributed by atoms with E-state index in [1.807, 2.05) is 61.7 Å². The number of nitrogens with zero attached hydrogens (tertiary/aromatic N) is 1. The second-order valence-corrected chi connectivity index (χ2v) is 9.42. The molecule has 0 spiro atoms. The molecule has 4 rings (SSSR count). The summed E-state index contributed by atoms with van der Waals surface area (Å²) in [6, 6.07) is 10.8. The van der Waals surface area contributed by atoms with Crippen LogP contribution >= 0.6 is 23.2 Å². The van der Waals surface area contributed by atoms with Gasteiger partial charge >= 0.3 is 5.97 Å². The van der Waals surface area contributed by atoms with Gasteiger partial charge in [-0.05, 0) is 57.2 Å². The molecule has 1 aliphatic rings. The van der Waals surface area contributed by atoms with Crippen LogP contribution in [0, 0.1) is 5.92 Å². The van der Waals surface area contributed by atoms with E-state index in [9.17, 15) is 9.90 Å². The van der Waals surface area contributed by atoms with Gasteiger partial charge in [0.25, 0.3) is 0 Å². The number of aromatic nitrogens is 1. The first kappa shape index (κ1) is 20.5. The second-order valence-electron chi connectivity index (χ2n) is 8.55. The number of halogens is 2. The Labute approximate surface area is 179 Å². The SMILES string of the molecule is CC(C)(C)OC(=O)C1CNCC(O)C1n1c2ccc(Cl)cc2c2cc(Cl)ccc21. The maximum absolute atomic E-state index is 13.0. The van der Waals surface area contributed by atoms with Gasteiger partial charge < -0.3 is 19.7 Å². The van der Waals surface area contributed by atoms with E-state index < -0.39 is 23.7 Å². The zero-order valence-corrected chi connectivity index (χ0v) is 18.1. The molecule has 0 radical (unpaired) electrons. The van der Waals surface area contributed by atoms with Gasteiger partial charge in [-0.25, -0.2) is 0 Å². The first-order valence-electron chi connectivity index (χ1n) is 9.66. The van der Waals surface area contributed by atoms with Crippen molar-refractivity contribution in [1.82, 2.24) is 9.88 Å². The number of fused-ring (bicyclic) bond motifs is 3. The van der Waals surface area contributed by atoms with Crippen LogP contribution in [0.1, 0.15) is 26.8 Å². The van der Waals surface area contributed by atoms with Crippen molar-refractivity contribution >= 4 is 51.0 Å². The van der Waals surface area contributed by atoms with Gasteiger partial charge in [0.2, 0.25) is 0 Å². The molecular formula is C22H24Cl2N2O3. The molecule has 1 fully saturated rings. The van der Waals surface area contributed by atoms with Crippen LogP contribution in [0.25, 0.3) is 21.8 Å². The lowest BCUT2D eigenvalue weighted by Crippen LogP contribution is -2.51. The van der Waals surface area contributed by atoms with Crippen molar-refractivity contribution < 1.29 is 14.6 Å². The summed E-state index contributed by atoms with van der Waals surface area (Å²) in [7, 11) is 0. The van der Waals surface area contributed by atoms with E-state index in [0.717, 1.165) is 21.8 Å². The van der Waals surface area contributed by atoms with E-state index in [0.29, 0.717) is 23.1 Å². The van der Waals surface area contributed by atoms with Crippen molar-refractivity contribution in [1.29, 1.82) is 0 Å². The molecule has 5 nitrogen and oxygen atoms in total. The van der Waals surface area contributed by atoms with Crippen molar-refractivity contribution in [3.63, 3.8) is 0 Å². The number of esters is 1. The minimum atomic E-state index is -0.758. The maximum Gasteiger partial charge on any atom is 0.312 e. The molecule has 3 unspecified atom stereocenters. The molecule has 0 saturated carbocycles. The zero-order chi connectivity index (χ0) is 20.9. The fourth-order valence-corrected chi connectivity index (χ4v) is 4.51. The number of hydrogen-bond acceptors (Lipinski definition) is 4. The van der Waals surface area contributed by atoms with Crippen molar-refractivity contribution in [3.8, 4) is 0 Å². The minimum absolute atomic E-state index is 0.327.